The molecule has 6 aliphatic heterocycles. The number of hydrogen-bond acceptors (Lipinski definition) is 37. The fourth-order valence-electron chi connectivity index (χ4n) is 16.9. The minimum Gasteiger partial charge on any atom is -0.477 e. The van der Waals surface area contributed by atoms with Crippen LogP contribution in [-0.4, -0.2) is 396 Å². The molecule has 43 heteroatoms. The SMILES string of the molecule is CCCCCCCCCCCCC/C=C/C(O)C(CO[C@@H]1O[C@H](CO)[C@@H](O[C@@H]2O[C@H](CO)[C@H](O[C@@H]3O[C@H](CO)[C@H](O)[C@H](O[C@@H]4O[C@H](CO)[C@H](O)[C@H](O)[C@H]4O)[C@H]3NC(C)=O)[C@H](O[C@]3(C(=O)O)C[C@H](O)[C@@H](NC(C)=O)[C@H]([C@H](O)[C@@H](CO)O[C@]4(C(=O)O)C[C@H](O)[C@@H](NC(C)=O)[C@H]([C@H](O)[C@H](O)CO)O4)O3)[C@H]2O)[C@H](O)[C@H]1O)NC(=O)CCCCCCCCCCCCCCCCC. The summed E-state index contributed by atoms with van der Waals surface area (Å²) in [6.45, 7) is -0.998. The van der Waals surface area contributed by atoms with E-state index >= 15 is 0 Å². The summed E-state index contributed by atoms with van der Waals surface area (Å²) in [5, 5.41) is 247. The van der Waals surface area contributed by atoms with E-state index in [-0.39, 0.29) is 6.42 Å². The third-order valence-corrected chi connectivity index (χ3v) is 24.1. The second-order valence-corrected chi connectivity index (χ2v) is 34.2. The number of rotatable bonds is 59. The van der Waals surface area contributed by atoms with Gasteiger partial charge in [0.1, 0.15) is 134 Å². The van der Waals surface area contributed by atoms with Gasteiger partial charge in [-0.15, -0.1) is 0 Å². The van der Waals surface area contributed by atoms with Crippen LogP contribution in [0.4, 0.5) is 0 Å². The molecule has 34 atom stereocenters. The highest BCUT2D eigenvalue weighted by Crippen LogP contribution is 2.43. The number of aliphatic hydroxyl groups is 19. The van der Waals surface area contributed by atoms with Crippen LogP contribution in [0.2, 0.25) is 0 Å². The monoisotopic (exact) mass is 1840 g/mol. The Morgan fingerprint density at radius 1 is 0.425 bits per heavy atom. The Kier molecular flexibility index (Phi) is 49.4. The third kappa shape index (κ3) is 32.6. The highest BCUT2D eigenvalue weighted by molar-refractivity contribution is 5.78. The molecular formula is C84H148N4O39. The van der Waals surface area contributed by atoms with Crippen LogP contribution in [0.3, 0.4) is 0 Å². The van der Waals surface area contributed by atoms with Crippen LogP contribution in [0.25, 0.3) is 0 Å². The summed E-state index contributed by atoms with van der Waals surface area (Å²) in [4.78, 5) is 80.3. The maximum Gasteiger partial charge on any atom is 0.364 e. The van der Waals surface area contributed by atoms with E-state index in [1.807, 2.05) is 0 Å². The summed E-state index contributed by atoms with van der Waals surface area (Å²) in [6.07, 6.45) is -32.1. The number of aliphatic hydroxyl groups excluding tert-OH is 19. The number of unbranched alkanes of at least 4 members (excludes halogenated alkanes) is 25. The Labute approximate surface area is 740 Å². The number of allylic oxidation sites excluding steroid dienone is 1. The molecule has 0 aromatic rings. The van der Waals surface area contributed by atoms with Gasteiger partial charge in [-0.05, 0) is 19.3 Å². The molecule has 0 aromatic carbocycles. The number of aliphatic carboxylic acids is 2. The molecule has 6 rings (SSSR count). The van der Waals surface area contributed by atoms with Gasteiger partial charge in [0.25, 0.3) is 11.6 Å². The predicted molar refractivity (Wildman–Crippen MR) is 440 cm³/mol. The van der Waals surface area contributed by atoms with Gasteiger partial charge in [-0.1, -0.05) is 180 Å². The van der Waals surface area contributed by atoms with E-state index in [0.29, 0.717) is 12.8 Å². The van der Waals surface area contributed by atoms with Crippen LogP contribution in [0.1, 0.15) is 227 Å². The molecule has 0 radical (unpaired) electrons. The van der Waals surface area contributed by atoms with E-state index in [2.05, 4.69) is 35.1 Å². The van der Waals surface area contributed by atoms with Crippen molar-refractivity contribution in [1.82, 2.24) is 21.3 Å². The van der Waals surface area contributed by atoms with Gasteiger partial charge in [-0.25, -0.2) is 9.59 Å². The van der Waals surface area contributed by atoms with Crippen LogP contribution in [0.5, 0.6) is 0 Å². The lowest BCUT2D eigenvalue weighted by Gasteiger charge is -2.53. The van der Waals surface area contributed by atoms with Gasteiger partial charge in [0.15, 0.2) is 25.2 Å². The van der Waals surface area contributed by atoms with E-state index in [4.69, 9.17) is 56.8 Å². The molecular weight excluding hydrogens is 1690 g/mol. The summed E-state index contributed by atoms with van der Waals surface area (Å²) in [7, 11) is 0. The van der Waals surface area contributed by atoms with Crippen LogP contribution < -0.4 is 21.3 Å². The summed E-state index contributed by atoms with van der Waals surface area (Å²) in [5.41, 5.74) is 0. The lowest BCUT2D eigenvalue weighted by atomic mass is 9.87. The summed E-state index contributed by atoms with van der Waals surface area (Å²) >= 11 is 0. The van der Waals surface area contributed by atoms with Gasteiger partial charge in [-0.2, -0.15) is 0 Å². The molecule has 6 aliphatic rings. The summed E-state index contributed by atoms with van der Waals surface area (Å²) in [6, 6.07) is -7.14. The molecule has 6 saturated heterocycles. The average Bonchev–Trinajstić information content (AvgIpc) is 0.742. The summed E-state index contributed by atoms with van der Waals surface area (Å²) < 4.78 is 72.2. The Balaban J connectivity index is 1.33. The molecule has 738 valence electrons. The molecule has 0 saturated carbocycles. The van der Waals surface area contributed by atoms with Crippen molar-refractivity contribution in [2.45, 2.75) is 435 Å². The number of nitrogens with one attached hydrogen (secondary N) is 4. The zero-order valence-electron chi connectivity index (χ0n) is 73.5. The number of amides is 4. The lowest BCUT2D eigenvalue weighted by molar-refractivity contribution is -0.404. The maximum atomic E-state index is 14.4. The van der Waals surface area contributed by atoms with Crippen molar-refractivity contribution in [3.05, 3.63) is 12.2 Å². The van der Waals surface area contributed by atoms with Crippen molar-refractivity contribution >= 4 is 35.6 Å². The van der Waals surface area contributed by atoms with Crippen molar-refractivity contribution in [1.29, 1.82) is 0 Å². The fraction of sp³-hybridized carbons (Fsp3) is 0.905. The van der Waals surface area contributed by atoms with Crippen LogP contribution >= 0.6 is 0 Å². The number of hydrogen-bond donors (Lipinski definition) is 25. The largest absolute Gasteiger partial charge is 0.477 e. The van der Waals surface area contributed by atoms with Gasteiger partial charge in [0.05, 0.1) is 82.7 Å². The first-order chi connectivity index (χ1) is 60.6. The molecule has 0 bridgehead atoms. The number of carboxylic acids is 2. The minimum absolute atomic E-state index is 0.0856. The van der Waals surface area contributed by atoms with E-state index in [9.17, 15) is 136 Å². The smallest absolute Gasteiger partial charge is 0.364 e. The van der Waals surface area contributed by atoms with Crippen LogP contribution in [0, 0.1) is 0 Å². The topological polar surface area (TPSA) is 686 Å². The fourth-order valence-corrected chi connectivity index (χ4v) is 16.9. The van der Waals surface area contributed by atoms with Crippen LogP contribution in [-0.2, 0) is 85.6 Å². The molecule has 0 aromatic heterocycles. The molecule has 127 heavy (non-hydrogen) atoms. The quantitative estimate of drug-likeness (QED) is 0.0205. The molecule has 0 spiro atoms. The second-order valence-electron chi connectivity index (χ2n) is 34.2. The molecule has 4 amide bonds. The number of carboxylic acid groups (broad SMARTS) is 2. The third-order valence-electron chi connectivity index (χ3n) is 24.1. The Hall–Kier alpha value is -4.68. The van der Waals surface area contributed by atoms with Gasteiger partial charge in [0, 0.05) is 40.0 Å². The number of ether oxygens (including phenoxy) is 12. The van der Waals surface area contributed by atoms with Gasteiger partial charge < -0.3 is 185 Å². The number of carbonyl (C=O) groups excluding carboxylic acids is 4. The van der Waals surface area contributed by atoms with Crippen LogP contribution in [0.15, 0.2) is 12.2 Å². The summed E-state index contributed by atoms with van der Waals surface area (Å²) in [5.74, 6) is -15.0. The van der Waals surface area contributed by atoms with E-state index in [0.717, 1.165) is 85.0 Å². The van der Waals surface area contributed by atoms with Crippen molar-refractivity contribution in [2.75, 3.05) is 46.2 Å². The Bertz CT molecular complexity index is 3200. The van der Waals surface area contributed by atoms with Gasteiger partial charge in [0.2, 0.25) is 23.6 Å². The molecule has 6 fully saturated rings. The first-order valence-electron chi connectivity index (χ1n) is 45.2. The van der Waals surface area contributed by atoms with Gasteiger partial charge >= 0.3 is 11.9 Å². The average molecular weight is 1840 g/mol. The Morgan fingerprint density at radius 2 is 0.835 bits per heavy atom. The molecule has 2 unspecified atom stereocenters. The number of carbonyl (C=O) groups is 6. The highest BCUT2D eigenvalue weighted by Gasteiger charge is 2.64. The van der Waals surface area contributed by atoms with E-state index in [1.165, 1.54) is 102 Å². The highest BCUT2D eigenvalue weighted by atomic mass is 16.8. The lowest BCUT2D eigenvalue weighted by Crippen LogP contribution is -2.73. The second kappa shape index (κ2) is 56.5. The van der Waals surface area contributed by atoms with Gasteiger partial charge in [-0.3, -0.25) is 19.2 Å². The minimum atomic E-state index is -3.69. The normalized spacial score (nSPS) is 35.1. The first-order valence-corrected chi connectivity index (χ1v) is 45.2. The predicted octanol–water partition coefficient (Wildman–Crippen LogP) is -3.87. The first kappa shape index (κ1) is 111. The Morgan fingerprint density at radius 3 is 1.32 bits per heavy atom. The van der Waals surface area contributed by atoms with Crippen molar-refractivity contribution in [2.24, 2.45) is 0 Å². The van der Waals surface area contributed by atoms with Crippen molar-refractivity contribution in [3.8, 4) is 0 Å². The molecule has 0 aliphatic carbocycles. The van der Waals surface area contributed by atoms with Crippen molar-refractivity contribution < 1.29 is 193 Å². The van der Waals surface area contributed by atoms with E-state index in [1.54, 1.807) is 6.08 Å². The standard InChI is InChI=1S/C84H148N4O39/c1-6-8-10-12-14-16-18-20-21-23-25-27-29-31-33-35-58(102)88-48(49(98)34-32-30-28-26-24-22-19-17-15-13-11-9-7-2)44-116-78-69(110)67(108)71(56(42-93)119-78)121-80-70(111)76(72(57(43-94)120-80)122-77-61(87-47(5)97)73(64(105)54(40-91)117-77)123-79-68(109)66(107)63(104)53(39-90)118-79)127-84(82(114)115)37-51(100)60(86-46(4)96)75(126-84)65(106)55(41-92)124-83(81(112)113)36-50(99)59(85-45(3)95)74(125-83)62(103)52(101)38-89/h32,34,48-57,59-80,89-94,98-101,103-111H,6-31,33,35-44H2,1-5H3,(H,85,95)(H,86,96)(H,87,97)(H,88,102)(H,112,113)(H,114,115)/b34-32+/t48?,49?,50-,51-,52+,53+,54+,55+,56+,57+,59+,60+,61+,62+,63-,64-,65+,66-,67+,68+,69+,70+,71+,72-,73+,74+,75+,76+,77-,78+,79-,80-,83+,84-/m0/s1. The molecule has 6 heterocycles. The zero-order chi connectivity index (χ0) is 93.8. The molecule has 43 nitrogen and oxygen atoms in total. The van der Waals surface area contributed by atoms with Crippen molar-refractivity contribution in [3.63, 3.8) is 0 Å². The zero-order valence-corrected chi connectivity index (χ0v) is 73.5. The maximum absolute atomic E-state index is 14.4. The van der Waals surface area contributed by atoms with E-state index < -0.39 is 302 Å². The molecule has 25 N–H and O–H groups in total.